The zero-order valence-corrected chi connectivity index (χ0v) is 22.1. The monoisotopic (exact) mass is 582 g/mol. The zero-order chi connectivity index (χ0) is 29.9. The Labute approximate surface area is 230 Å². The smallest absolute Gasteiger partial charge is 0.368 e. The van der Waals surface area contributed by atoms with E-state index in [2.05, 4.69) is 5.16 Å². The van der Waals surface area contributed by atoms with E-state index in [1.807, 2.05) is 0 Å². The molecule has 2 aliphatic heterocycles. The normalized spacial score (nSPS) is 22.1. The van der Waals surface area contributed by atoms with E-state index in [1.165, 1.54) is 37.3 Å². The SMILES string of the molecule is Cc1noc(C)c1C1=CC(=O)N2C[C@H](O[C@H](C)c3cc(C(F)(F)F)cc(C(F)(F)F)c3)[C@@H](c3ccc(F)cc3)[C@@H]2C1. The van der Waals surface area contributed by atoms with Crippen LogP contribution < -0.4 is 0 Å². The molecule has 5 nitrogen and oxygen atoms in total. The molecular weight excluding hydrogens is 557 g/mol. The number of aromatic nitrogens is 1. The van der Waals surface area contributed by atoms with Crippen molar-refractivity contribution in [2.45, 2.75) is 63.7 Å². The summed E-state index contributed by atoms with van der Waals surface area (Å²) in [7, 11) is 0. The predicted octanol–water partition coefficient (Wildman–Crippen LogP) is 7.40. The second kappa shape index (κ2) is 10.3. The van der Waals surface area contributed by atoms with E-state index < -0.39 is 53.5 Å². The van der Waals surface area contributed by atoms with Crippen LogP contribution in [0.4, 0.5) is 30.7 Å². The third kappa shape index (κ3) is 5.61. The van der Waals surface area contributed by atoms with Gasteiger partial charge in [0.1, 0.15) is 11.6 Å². The van der Waals surface area contributed by atoms with Crippen LogP contribution in [0.15, 0.2) is 53.1 Å². The van der Waals surface area contributed by atoms with Crippen molar-refractivity contribution in [1.82, 2.24) is 10.1 Å². The highest BCUT2D eigenvalue weighted by molar-refractivity contribution is 5.98. The van der Waals surface area contributed by atoms with Crippen molar-refractivity contribution >= 4 is 11.5 Å². The van der Waals surface area contributed by atoms with Crippen LogP contribution in [-0.2, 0) is 21.9 Å². The molecule has 0 unspecified atom stereocenters. The summed E-state index contributed by atoms with van der Waals surface area (Å²) in [6, 6.07) is 6.42. The quantitative estimate of drug-likeness (QED) is 0.295. The summed E-state index contributed by atoms with van der Waals surface area (Å²) in [5.74, 6) is -0.855. The van der Waals surface area contributed by atoms with E-state index in [4.69, 9.17) is 9.26 Å². The van der Waals surface area contributed by atoms with Crippen molar-refractivity contribution in [3.05, 3.63) is 93.6 Å². The molecule has 0 bridgehead atoms. The molecule has 0 saturated carbocycles. The molecule has 0 radical (unpaired) electrons. The Kier molecular flexibility index (Phi) is 7.25. The number of fused-ring (bicyclic) bond motifs is 1. The molecule has 3 aromatic rings. The van der Waals surface area contributed by atoms with Gasteiger partial charge in [0.15, 0.2) is 0 Å². The number of hydrogen-bond acceptors (Lipinski definition) is 4. The van der Waals surface area contributed by atoms with Crippen LogP contribution in [0.3, 0.4) is 0 Å². The molecule has 1 saturated heterocycles. The van der Waals surface area contributed by atoms with Crippen molar-refractivity contribution in [3.8, 4) is 0 Å². The number of ether oxygens (including phenoxy) is 1. The highest BCUT2D eigenvalue weighted by Gasteiger charge is 2.48. The fraction of sp³-hybridized carbons (Fsp3) is 0.379. The van der Waals surface area contributed by atoms with Gasteiger partial charge in [0.25, 0.3) is 0 Å². The maximum Gasteiger partial charge on any atom is 0.416 e. The van der Waals surface area contributed by atoms with Crippen LogP contribution in [0.5, 0.6) is 0 Å². The fourth-order valence-corrected chi connectivity index (χ4v) is 5.81. The molecule has 218 valence electrons. The van der Waals surface area contributed by atoms with Crippen LogP contribution in [0.25, 0.3) is 5.57 Å². The Bertz CT molecular complexity index is 1440. The van der Waals surface area contributed by atoms with Crippen LogP contribution in [0.1, 0.15) is 64.6 Å². The number of nitrogens with zero attached hydrogens (tertiary/aromatic N) is 2. The van der Waals surface area contributed by atoms with Gasteiger partial charge in [0.2, 0.25) is 5.91 Å². The Morgan fingerprint density at radius 1 is 1.00 bits per heavy atom. The summed E-state index contributed by atoms with van der Waals surface area (Å²) in [4.78, 5) is 14.8. The molecule has 1 aromatic heterocycles. The topological polar surface area (TPSA) is 55.6 Å². The summed E-state index contributed by atoms with van der Waals surface area (Å²) >= 11 is 0. The number of hydrogen-bond donors (Lipinski definition) is 0. The van der Waals surface area contributed by atoms with Crippen LogP contribution in [-0.4, -0.2) is 34.7 Å². The van der Waals surface area contributed by atoms with Gasteiger partial charge >= 0.3 is 12.4 Å². The summed E-state index contributed by atoms with van der Waals surface area (Å²) < 4.78 is 106. The van der Waals surface area contributed by atoms with E-state index >= 15 is 0 Å². The molecule has 5 rings (SSSR count). The van der Waals surface area contributed by atoms with Crippen molar-refractivity contribution in [3.63, 3.8) is 0 Å². The first-order valence-corrected chi connectivity index (χ1v) is 12.8. The number of carbonyl (C=O) groups excluding carboxylic acids is 1. The molecule has 4 atom stereocenters. The van der Waals surface area contributed by atoms with Gasteiger partial charge in [-0.15, -0.1) is 0 Å². The van der Waals surface area contributed by atoms with E-state index in [-0.39, 0.29) is 24.1 Å². The molecule has 0 spiro atoms. The predicted molar refractivity (Wildman–Crippen MR) is 133 cm³/mol. The lowest BCUT2D eigenvalue weighted by Crippen LogP contribution is -2.39. The lowest BCUT2D eigenvalue weighted by molar-refractivity contribution is -0.143. The van der Waals surface area contributed by atoms with E-state index in [0.717, 1.165) is 0 Å². The molecule has 12 heteroatoms. The maximum absolute atomic E-state index is 13.8. The zero-order valence-electron chi connectivity index (χ0n) is 22.1. The van der Waals surface area contributed by atoms with Gasteiger partial charge in [-0.05, 0) is 74.2 Å². The van der Waals surface area contributed by atoms with Gasteiger partial charge in [0, 0.05) is 30.1 Å². The minimum Gasteiger partial charge on any atom is -0.368 e. The number of halogens is 7. The summed E-state index contributed by atoms with van der Waals surface area (Å²) in [5.41, 5.74) is -0.615. The molecule has 41 heavy (non-hydrogen) atoms. The third-order valence-corrected chi connectivity index (χ3v) is 7.67. The lowest BCUT2D eigenvalue weighted by atomic mass is 9.83. The molecule has 2 aromatic carbocycles. The van der Waals surface area contributed by atoms with Crippen molar-refractivity contribution in [2.24, 2.45) is 0 Å². The Morgan fingerprint density at radius 2 is 1.61 bits per heavy atom. The fourth-order valence-electron chi connectivity index (χ4n) is 5.81. The lowest BCUT2D eigenvalue weighted by Gasteiger charge is -2.32. The van der Waals surface area contributed by atoms with Crippen molar-refractivity contribution in [2.75, 3.05) is 6.54 Å². The summed E-state index contributed by atoms with van der Waals surface area (Å²) in [5, 5.41) is 3.96. The van der Waals surface area contributed by atoms with Crippen LogP contribution >= 0.6 is 0 Å². The number of amides is 1. The first-order valence-electron chi connectivity index (χ1n) is 12.8. The minimum atomic E-state index is -5.01. The summed E-state index contributed by atoms with van der Waals surface area (Å²) in [6.07, 6.45) is -10.2. The molecule has 0 N–H and O–H groups in total. The number of aryl methyl sites for hydroxylation is 2. The number of carbonyl (C=O) groups is 1. The molecule has 1 amide bonds. The second-order valence-electron chi connectivity index (χ2n) is 10.4. The molecule has 3 heterocycles. The van der Waals surface area contributed by atoms with Gasteiger partial charge in [-0.3, -0.25) is 4.79 Å². The first-order chi connectivity index (χ1) is 19.1. The first kappa shape index (κ1) is 28.8. The van der Waals surface area contributed by atoms with Gasteiger partial charge in [0.05, 0.1) is 29.0 Å². The summed E-state index contributed by atoms with van der Waals surface area (Å²) in [6.45, 7) is 4.86. The van der Waals surface area contributed by atoms with E-state index in [1.54, 1.807) is 18.7 Å². The van der Waals surface area contributed by atoms with Crippen molar-refractivity contribution < 1.29 is 44.8 Å². The number of benzene rings is 2. The maximum atomic E-state index is 13.8. The van der Waals surface area contributed by atoms with Gasteiger partial charge in [-0.2, -0.15) is 26.3 Å². The largest absolute Gasteiger partial charge is 0.416 e. The molecule has 0 aliphatic carbocycles. The Hall–Kier alpha value is -3.67. The molecule has 1 fully saturated rings. The third-order valence-electron chi connectivity index (χ3n) is 7.67. The van der Waals surface area contributed by atoms with Gasteiger partial charge in [-0.25, -0.2) is 4.39 Å². The molecule has 2 aliphatic rings. The van der Waals surface area contributed by atoms with Crippen LogP contribution in [0.2, 0.25) is 0 Å². The average molecular weight is 583 g/mol. The van der Waals surface area contributed by atoms with Crippen molar-refractivity contribution in [1.29, 1.82) is 0 Å². The van der Waals surface area contributed by atoms with Gasteiger partial charge in [-0.1, -0.05) is 17.3 Å². The number of rotatable bonds is 5. The van der Waals surface area contributed by atoms with Gasteiger partial charge < -0.3 is 14.2 Å². The standard InChI is InChI=1S/C29H25F7N2O3/c1-14-26(16(3)41-37-14)19-10-23-27(17-4-6-22(30)7-5-17)24(13-38(23)25(39)11-19)40-15(2)18-8-20(28(31,32)33)12-21(9-18)29(34,35)36/h4-9,11-12,15,23-24,27H,10,13H2,1-3H3/t15-,23+,24+,27+/m1/s1. The van der Waals surface area contributed by atoms with E-state index in [0.29, 0.717) is 46.7 Å². The highest BCUT2D eigenvalue weighted by Crippen LogP contribution is 2.45. The minimum absolute atomic E-state index is 0.0341. The highest BCUT2D eigenvalue weighted by atomic mass is 19.4. The Balaban J connectivity index is 1.51. The number of alkyl halides is 6. The average Bonchev–Trinajstić information content (AvgIpc) is 3.42. The molecular formula is C29H25F7N2O3. The Morgan fingerprint density at radius 3 is 2.15 bits per heavy atom. The second-order valence-corrected chi connectivity index (χ2v) is 10.4. The van der Waals surface area contributed by atoms with Crippen LogP contribution in [0, 0.1) is 19.7 Å². The van der Waals surface area contributed by atoms with E-state index in [9.17, 15) is 35.5 Å².